The molecule has 0 radical (unpaired) electrons. The molecule has 0 bridgehead atoms. The van der Waals surface area contributed by atoms with Crippen LogP contribution in [0.1, 0.15) is 31.1 Å². The monoisotopic (exact) mass is 337 g/mol. The highest BCUT2D eigenvalue weighted by atomic mass is 32.2. The van der Waals surface area contributed by atoms with Gasteiger partial charge in [0.05, 0.1) is 11.9 Å². The molecule has 1 aliphatic rings. The Labute approximate surface area is 135 Å². The average Bonchev–Trinajstić information content (AvgIpc) is 3.11. The molecule has 0 saturated heterocycles. The van der Waals surface area contributed by atoms with Crippen LogP contribution >= 0.6 is 0 Å². The third-order valence-corrected chi connectivity index (χ3v) is 5.52. The Bertz CT molecular complexity index is 829. The highest BCUT2D eigenvalue weighted by Crippen LogP contribution is 2.34. The third-order valence-electron chi connectivity index (χ3n) is 3.88. The number of aromatic nitrogens is 2. The molecule has 3 rings (SSSR count). The van der Waals surface area contributed by atoms with Crippen molar-refractivity contribution in [2.45, 2.75) is 38.3 Å². The van der Waals surface area contributed by atoms with E-state index in [2.05, 4.69) is 9.82 Å². The lowest BCUT2D eigenvalue weighted by Gasteiger charge is -2.15. The Kier molecular flexibility index (Phi) is 4.03. The molecule has 1 aliphatic heterocycles. The summed E-state index contributed by atoms with van der Waals surface area (Å²) >= 11 is 0. The predicted octanol–water partition coefficient (Wildman–Crippen LogP) is 1.98. The van der Waals surface area contributed by atoms with Gasteiger partial charge in [-0.3, -0.25) is 4.68 Å². The van der Waals surface area contributed by atoms with Crippen LogP contribution in [0.15, 0.2) is 29.3 Å². The van der Waals surface area contributed by atoms with Crippen molar-refractivity contribution in [2.24, 2.45) is 0 Å². The molecule has 1 N–H and O–H groups in total. The highest BCUT2D eigenvalue weighted by Gasteiger charge is 2.24. The zero-order valence-electron chi connectivity index (χ0n) is 13.2. The second-order valence-electron chi connectivity index (χ2n) is 5.37. The first-order chi connectivity index (χ1) is 10.9. The van der Waals surface area contributed by atoms with Gasteiger partial charge in [-0.1, -0.05) is 6.07 Å². The third kappa shape index (κ3) is 2.91. The topological polar surface area (TPSA) is 82.5 Å². The fourth-order valence-corrected chi connectivity index (χ4v) is 3.97. The van der Waals surface area contributed by atoms with Crippen LogP contribution in [0.25, 0.3) is 0 Å². The number of sulfonamides is 1. The first-order valence-electron chi connectivity index (χ1n) is 7.36. The van der Waals surface area contributed by atoms with Crippen LogP contribution in [0, 0.1) is 6.92 Å². The number of hydrogen-bond acceptors (Lipinski definition) is 5. The summed E-state index contributed by atoms with van der Waals surface area (Å²) in [6, 6.07) is 4.99. The van der Waals surface area contributed by atoms with Crippen molar-refractivity contribution in [1.82, 2.24) is 14.5 Å². The molecule has 0 spiro atoms. The summed E-state index contributed by atoms with van der Waals surface area (Å²) in [6.07, 6.45) is 1.38. The van der Waals surface area contributed by atoms with Crippen LogP contribution in [0.5, 0.6) is 11.5 Å². The van der Waals surface area contributed by atoms with E-state index in [0.717, 1.165) is 5.56 Å². The number of ether oxygens (including phenoxy) is 2. The summed E-state index contributed by atoms with van der Waals surface area (Å²) < 4.78 is 40.1. The van der Waals surface area contributed by atoms with E-state index in [1.54, 1.807) is 30.7 Å². The maximum atomic E-state index is 12.6. The number of rotatable bonds is 5. The van der Waals surface area contributed by atoms with Crippen LogP contribution in [0.2, 0.25) is 0 Å². The van der Waals surface area contributed by atoms with Crippen molar-refractivity contribution < 1.29 is 17.9 Å². The maximum Gasteiger partial charge on any atom is 0.244 e. The molecule has 2 aromatic rings. The minimum Gasteiger partial charge on any atom is -0.454 e. The quantitative estimate of drug-likeness (QED) is 0.902. The van der Waals surface area contributed by atoms with E-state index in [-0.39, 0.29) is 11.7 Å². The molecule has 8 heteroatoms. The summed E-state index contributed by atoms with van der Waals surface area (Å²) in [5.74, 6) is 1.30. The van der Waals surface area contributed by atoms with Crippen molar-refractivity contribution in [2.75, 3.05) is 6.79 Å². The fourth-order valence-electron chi connectivity index (χ4n) is 2.56. The summed E-state index contributed by atoms with van der Waals surface area (Å²) in [4.78, 5) is 0.201. The van der Waals surface area contributed by atoms with Gasteiger partial charge in [-0.05, 0) is 38.5 Å². The second kappa shape index (κ2) is 5.86. The Morgan fingerprint density at radius 3 is 2.78 bits per heavy atom. The second-order valence-corrected chi connectivity index (χ2v) is 7.05. The predicted molar refractivity (Wildman–Crippen MR) is 83.9 cm³/mol. The van der Waals surface area contributed by atoms with E-state index in [9.17, 15) is 8.42 Å². The van der Waals surface area contributed by atoms with Gasteiger partial charge in [0.15, 0.2) is 11.5 Å². The molecule has 2 heterocycles. The Balaban J connectivity index is 1.83. The standard InChI is InChI=1S/C15H19N3O4S/c1-4-18-11(3)15(8-16-18)23(19,20)17-10(2)12-5-6-13-14(7-12)22-9-21-13/h5-8,10,17H,4,9H2,1-3H3/t10-/m0/s1. The Hall–Kier alpha value is -2.06. The van der Waals surface area contributed by atoms with Gasteiger partial charge in [0.2, 0.25) is 16.8 Å². The molecule has 1 atom stereocenters. The molecule has 1 aromatic carbocycles. The average molecular weight is 337 g/mol. The van der Waals surface area contributed by atoms with E-state index in [0.29, 0.717) is 23.7 Å². The van der Waals surface area contributed by atoms with E-state index in [4.69, 9.17) is 9.47 Å². The van der Waals surface area contributed by atoms with E-state index in [1.807, 2.05) is 13.0 Å². The van der Waals surface area contributed by atoms with Gasteiger partial charge in [-0.2, -0.15) is 5.10 Å². The number of aryl methyl sites for hydroxylation is 1. The van der Waals surface area contributed by atoms with Gasteiger partial charge in [0, 0.05) is 12.6 Å². The fraction of sp³-hybridized carbons (Fsp3) is 0.400. The molecule has 23 heavy (non-hydrogen) atoms. The van der Waals surface area contributed by atoms with Crippen LogP contribution in [0.4, 0.5) is 0 Å². The molecular weight excluding hydrogens is 318 g/mol. The van der Waals surface area contributed by atoms with Gasteiger partial charge >= 0.3 is 0 Å². The minimum atomic E-state index is -3.65. The number of nitrogens with zero attached hydrogens (tertiary/aromatic N) is 2. The van der Waals surface area contributed by atoms with Crippen LogP contribution < -0.4 is 14.2 Å². The SMILES string of the molecule is CCn1ncc(S(=O)(=O)N[C@@H](C)c2ccc3c(c2)OCO3)c1C. The van der Waals surface area contributed by atoms with Gasteiger partial charge in [0.1, 0.15) is 4.90 Å². The first-order valence-corrected chi connectivity index (χ1v) is 8.85. The van der Waals surface area contributed by atoms with Crippen molar-refractivity contribution in [3.63, 3.8) is 0 Å². The van der Waals surface area contributed by atoms with Gasteiger partial charge < -0.3 is 9.47 Å². The van der Waals surface area contributed by atoms with E-state index >= 15 is 0 Å². The van der Waals surface area contributed by atoms with E-state index < -0.39 is 16.1 Å². The number of benzene rings is 1. The van der Waals surface area contributed by atoms with Crippen molar-refractivity contribution in [3.05, 3.63) is 35.7 Å². The van der Waals surface area contributed by atoms with Crippen LogP contribution in [-0.4, -0.2) is 25.0 Å². The molecule has 1 aromatic heterocycles. The first kappa shape index (κ1) is 15.8. The van der Waals surface area contributed by atoms with Crippen molar-refractivity contribution >= 4 is 10.0 Å². The number of nitrogens with one attached hydrogen (secondary N) is 1. The Morgan fingerprint density at radius 2 is 2.09 bits per heavy atom. The molecule has 0 amide bonds. The number of hydrogen-bond donors (Lipinski definition) is 1. The lowest BCUT2D eigenvalue weighted by Crippen LogP contribution is -2.27. The largest absolute Gasteiger partial charge is 0.454 e. The van der Waals surface area contributed by atoms with Gasteiger partial charge in [0.25, 0.3) is 0 Å². The molecule has 7 nitrogen and oxygen atoms in total. The van der Waals surface area contributed by atoms with Crippen LogP contribution in [0.3, 0.4) is 0 Å². The van der Waals surface area contributed by atoms with Crippen molar-refractivity contribution in [1.29, 1.82) is 0 Å². The molecule has 0 fully saturated rings. The zero-order chi connectivity index (χ0) is 16.6. The normalized spacial score (nSPS) is 14.9. The van der Waals surface area contributed by atoms with Gasteiger partial charge in [-0.25, -0.2) is 13.1 Å². The molecule has 0 aliphatic carbocycles. The van der Waals surface area contributed by atoms with E-state index in [1.165, 1.54) is 6.20 Å². The molecular formula is C15H19N3O4S. The lowest BCUT2D eigenvalue weighted by molar-refractivity contribution is 0.174. The minimum absolute atomic E-state index is 0.189. The number of fused-ring (bicyclic) bond motifs is 1. The summed E-state index contributed by atoms with van der Waals surface area (Å²) in [7, 11) is -3.65. The Morgan fingerprint density at radius 1 is 1.35 bits per heavy atom. The summed E-state index contributed by atoms with van der Waals surface area (Å²) in [5, 5.41) is 4.09. The summed E-state index contributed by atoms with van der Waals surface area (Å²) in [6.45, 7) is 6.26. The van der Waals surface area contributed by atoms with Crippen molar-refractivity contribution in [3.8, 4) is 11.5 Å². The highest BCUT2D eigenvalue weighted by molar-refractivity contribution is 7.89. The lowest BCUT2D eigenvalue weighted by atomic mass is 10.1. The molecule has 0 saturated carbocycles. The maximum absolute atomic E-state index is 12.6. The zero-order valence-corrected chi connectivity index (χ0v) is 14.1. The molecule has 0 unspecified atom stereocenters. The van der Waals surface area contributed by atoms with Gasteiger partial charge in [-0.15, -0.1) is 0 Å². The molecule has 124 valence electrons. The summed E-state index contributed by atoms with van der Waals surface area (Å²) in [5.41, 5.74) is 1.43. The smallest absolute Gasteiger partial charge is 0.244 e. The van der Waals surface area contributed by atoms with Crippen LogP contribution in [-0.2, 0) is 16.6 Å².